The minimum absolute atomic E-state index is 0.252. The first-order valence-corrected chi connectivity index (χ1v) is 8.15. The van der Waals surface area contributed by atoms with Gasteiger partial charge in [-0.25, -0.2) is 0 Å². The second-order valence-electron chi connectivity index (χ2n) is 5.75. The van der Waals surface area contributed by atoms with Gasteiger partial charge in [0.1, 0.15) is 5.75 Å². The number of hydrogen-bond donors (Lipinski definition) is 1. The Morgan fingerprint density at radius 1 is 1.00 bits per heavy atom. The van der Waals surface area contributed by atoms with Crippen LogP contribution in [0.5, 0.6) is 5.75 Å². The summed E-state index contributed by atoms with van der Waals surface area (Å²) in [6, 6.07) is 15.5. The van der Waals surface area contributed by atoms with Crippen LogP contribution < -0.4 is 4.90 Å². The van der Waals surface area contributed by atoms with E-state index < -0.39 is 0 Å². The van der Waals surface area contributed by atoms with Gasteiger partial charge >= 0.3 is 0 Å². The Balaban J connectivity index is 1.65. The largest absolute Gasteiger partial charge is 0.507 e. The molecule has 1 aliphatic rings. The first kappa shape index (κ1) is 15.6. The molecule has 1 saturated heterocycles. The van der Waals surface area contributed by atoms with Crippen LogP contribution in [0.4, 0.5) is 11.4 Å². The summed E-state index contributed by atoms with van der Waals surface area (Å²) in [5, 5.41) is 9.74. The molecule has 1 N–H and O–H groups in total. The predicted octanol–water partition coefficient (Wildman–Crippen LogP) is 3.28. The van der Waals surface area contributed by atoms with E-state index in [4.69, 9.17) is 0 Å². The summed E-state index contributed by atoms with van der Waals surface area (Å²) in [7, 11) is 0. The van der Waals surface area contributed by atoms with Gasteiger partial charge < -0.3 is 14.9 Å². The summed E-state index contributed by atoms with van der Waals surface area (Å²) >= 11 is 0. The molecule has 1 aliphatic heterocycles. The van der Waals surface area contributed by atoms with E-state index in [2.05, 4.69) is 33.8 Å². The molecule has 0 unspecified atom stereocenters. The number of hydrogen-bond acceptors (Lipinski definition) is 4. The molecule has 4 heteroatoms. The maximum atomic E-state index is 9.74. The van der Waals surface area contributed by atoms with Crippen molar-refractivity contribution in [2.24, 2.45) is 4.99 Å². The number of phenolic OH excluding ortho intramolecular Hbond substituents is 1. The summed E-state index contributed by atoms with van der Waals surface area (Å²) in [5.41, 5.74) is 2.87. The standard InChI is InChI=1S/C19H23N3O/c1-2-21-11-13-22(14-12-21)18-9-7-17(8-10-18)20-15-16-5-3-4-6-19(16)23/h3-10,15,23H,2,11-14H2,1H3. The Labute approximate surface area is 137 Å². The van der Waals surface area contributed by atoms with Crippen LogP contribution in [0.25, 0.3) is 0 Å². The van der Waals surface area contributed by atoms with Crippen molar-refractivity contribution in [1.29, 1.82) is 0 Å². The molecule has 0 saturated carbocycles. The lowest BCUT2D eigenvalue weighted by molar-refractivity contribution is 0.271. The first-order valence-electron chi connectivity index (χ1n) is 8.15. The SMILES string of the molecule is CCN1CCN(c2ccc(N=Cc3ccccc3O)cc2)CC1. The highest BCUT2D eigenvalue weighted by Crippen LogP contribution is 2.22. The van der Waals surface area contributed by atoms with Crippen molar-refractivity contribution < 1.29 is 5.11 Å². The van der Waals surface area contributed by atoms with E-state index >= 15 is 0 Å². The Kier molecular flexibility index (Phi) is 4.93. The van der Waals surface area contributed by atoms with E-state index in [-0.39, 0.29) is 5.75 Å². The third-order valence-electron chi connectivity index (χ3n) is 4.32. The summed E-state index contributed by atoms with van der Waals surface area (Å²) in [4.78, 5) is 9.33. The van der Waals surface area contributed by atoms with Gasteiger partial charge in [0.25, 0.3) is 0 Å². The molecule has 2 aromatic rings. The van der Waals surface area contributed by atoms with Gasteiger partial charge in [0.05, 0.1) is 5.69 Å². The molecule has 0 atom stereocenters. The fourth-order valence-corrected chi connectivity index (χ4v) is 2.81. The van der Waals surface area contributed by atoms with Crippen LogP contribution in [0, 0.1) is 0 Å². The Morgan fingerprint density at radius 3 is 2.35 bits per heavy atom. The quantitative estimate of drug-likeness (QED) is 0.881. The fraction of sp³-hybridized carbons (Fsp3) is 0.316. The second kappa shape index (κ2) is 7.29. The molecule has 2 aromatic carbocycles. The second-order valence-corrected chi connectivity index (χ2v) is 5.75. The summed E-state index contributed by atoms with van der Waals surface area (Å²) < 4.78 is 0. The lowest BCUT2D eigenvalue weighted by Gasteiger charge is -2.35. The number of rotatable bonds is 4. The Bertz CT molecular complexity index is 659. The maximum Gasteiger partial charge on any atom is 0.124 e. The number of benzene rings is 2. The van der Waals surface area contributed by atoms with Gasteiger partial charge in [-0.2, -0.15) is 0 Å². The zero-order valence-corrected chi connectivity index (χ0v) is 13.5. The summed E-state index contributed by atoms with van der Waals surface area (Å²) in [5.74, 6) is 0.252. The molecule has 0 bridgehead atoms. The molecular weight excluding hydrogens is 286 g/mol. The van der Waals surface area contributed by atoms with Crippen molar-refractivity contribution in [1.82, 2.24) is 4.90 Å². The maximum absolute atomic E-state index is 9.74. The van der Waals surface area contributed by atoms with Crippen LogP contribution in [0.3, 0.4) is 0 Å². The summed E-state index contributed by atoms with van der Waals surface area (Å²) in [6.07, 6.45) is 1.70. The third kappa shape index (κ3) is 3.90. The molecule has 23 heavy (non-hydrogen) atoms. The average molecular weight is 309 g/mol. The van der Waals surface area contributed by atoms with E-state index in [9.17, 15) is 5.11 Å². The van der Waals surface area contributed by atoms with E-state index in [1.165, 1.54) is 5.69 Å². The topological polar surface area (TPSA) is 39.1 Å². The van der Waals surface area contributed by atoms with Gasteiger partial charge in [0.15, 0.2) is 0 Å². The molecule has 0 aliphatic carbocycles. The number of anilines is 1. The molecule has 3 rings (SSSR count). The van der Waals surface area contributed by atoms with Crippen molar-refractivity contribution in [3.63, 3.8) is 0 Å². The number of likely N-dealkylation sites (N-methyl/N-ethyl adjacent to an activating group) is 1. The first-order chi connectivity index (χ1) is 11.3. The molecule has 1 fully saturated rings. The molecule has 4 nitrogen and oxygen atoms in total. The highest BCUT2D eigenvalue weighted by Gasteiger charge is 2.15. The number of aromatic hydroxyl groups is 1. The van der Waals surface area contributed by atoms with Crippen molar-refractivity contribution in [2.75, 3.05) is 37.6 Å². The summed E-state index contributed by atoms with van der Waals surface area (Å²) in [6.45, 7) is 7.76. The highest BCUT2D eigenvalue weighted by atomic mass is 16.3. The number of para-hydroxylation sites is 1. The van der Waals surface area contributed by atoms with Crippen LogP contribution in [0.15, 0.2) is 53.5 Å². The normalized spacial score (nSPS) is 16.1. The van der Waals surface area contributed by atoms with Crippen LogP contribution in [0.2, 0.25) is 0 Å². The number of nitrogens with zero attached hydrogens (tertiary/aromatic N) is 3. The van der Waals surface area contributed by atoms with E-state index in [1.54, 1.807) is 18.3 Å². The molecule has 0 spiro atoms. The van der Waals surface area contributed by atoms with Crippen LogP contribution in [-0.2, 0) is 0 Å². The van der Waals surface area contributed by atoms with Crippen molar-refractivity contribution in [2.45, 2.75) is 6.92 Å². The number of piperazine rings is 1. The fourth-order valence-electron chi connectivity index (χ4n) is 2.81. The minimum atomic E-state index is 0.252. The molecule has 120 valence electrons. The molecule has 0 radical (unpaired) electrons. The number of phenols is 1. The van der Waals surface area contributed by atoms with E-state index in [0.717, 1.165) is 44.0 Å². The molecule has 0 amide bonds. The monoisotopic (exact) mass is 309 g/mol. The lowest BCUT2D eigenvalue weighted by Crippen LogP contribution is -2.46. The Hall–Kier alpha value is -2.33. The van der Waals surface area contributed by atoms with E-state index in [0.29, 0.717) is 0 Å². The zero-order chi connectivity index (χ0) is 16.1. The van der Waals surface area contributed by atoms with Crippen molar-refractivity contribution in [3.05, 3.63) is 54.1 Å². The smallest absolute Gasteiger partial charge is 0.124 e. The van der Waals surface area contributed by atoms with Crippen LogP contribution in [-0.4, -0.2) is 48.9 Å². The number of aliphatic imine (C=N–C) groups is 1. The van der Waals surface area contributed by atoms with Gasteiger partial charge in [-0.3, -0.25) is 4.99 Å². The molecule has 1 heterocycles. The highest BCUT2D eigenvalue weighted by molar-refractivity contribution is 5.85. The third-order valence-corrected chi connectivity index (χ3v) is 4.32. The Morgan fingerprint density at radius 2 is 1.70 bits per heavy atom. The van der Waals surface area contributed by atoms with Gasteiger partial charge in [-0.15, -0.1) is 0 Å². The van der Waals surface area contributed by atoms with Crippen LogP contribution in [0.1, 0.15) is 12.5 Å². The zero-order valence-electron chi connectivity index (χ0n) is 13.5. The van der Waals surface area contributed by atoms with Crippen LogP contribution >= 0.6 is 0 Å². The van der Waals surface area contributed by atoms with Gasteiger partial charge in [0.2, 0.25) is 0 Å². The predicted molar refractivity (Wildman–Crippen MR) is 96.1 cm³/mol. The van der Waals surface area contributed by atoms with Gasteiger partial charge in [-0.05, 0) is 42.9 Å². The molecular formula is C19H23N3O. The van der Waals surface area contributed by atoms with Crippen molar-refractivity contribution in [3.8, 4) is 5.75 Å². The van der Waals surface area contributed by atoms with Gasteiger partial charge in [0, 0.05) is 43.6 Å². The van der Waals surface area contributed by atoms with Crippen molar-refractivity contribution >= 4 is 17.6 Å². The minimum Gasteiger partial charge on any atom is -0.507 e. The lowest BCUT2D eigenvalue weighted by atomic mass is 10.2. The van der Waals surface area contributed by atoms with E-state index in [1.807, 2.05) is 24.3 Å². The average Bonchev–Trinajstić information content (AvgIpc) is 2.62. The van der Waals surface area contributed by atoms with Gasteiger partial charge in [-0.1, -0.05) is 19.1 Å². The molecule has 0 aromatic heterocycles.